The Morgan fingerprint density at radius 3 is 2.50 bits per heavy atom. The highest BCUT2D eigenvalue weighted by Gasteiger charge is 2.12. The van der Waals surface area contributed by atoms with Crippen molar-refractivity contribution < 1.29 is 9.90 Å². The highest BCUT2D eigenvalue weighted by molar-refractivity contribution is 5.94. The predicted molar refractivity (Wildman–Crippen MR) is 119 cm³/mol. The first kappa shape index (κ1) is 21.7. The van der Waals surface area contributed by atoms with Crippen molar-refractivity contribution in [1.82, 2.24) is 15.2 Å². The Morgan fingerprint density at radius 1 is 1.07 bits per heavy atom. The molecule has 0 aliphatic rings. The Bertz CT molecular complexity index is 942. The summed E-state index contributed by atoms with van der Waals surface area (Å²) in [6.45, 7) is 3.80. The molecular weight excluding hydrogens is 374 g/mol. The zero-order valence-corrected chi connectivity index (χ0v) is 17.6. The topological polar surface area (TPSA) is 65.5 Å². The van der Waals surface area contributed by atoms with Gasteiger partial charge in [0, 0.05) is 38.1 Å². The fraction of sp³-hybridized carbons (Fsp3) is 0.280. The monoisotopic (exact) mass is 403 g/mol. The number of aliphatic hydroxyl groups is 1. The van der Waals surface area contributed by atoms with Crippen LogP contribution in [-0.4, -0.2) is 41.0 Å². The normalized spacial score (nSPS) is 11.8. The molecule has 1 heterocycles. The number of hydrogen-bond donors (Lipinski definition) is 2. The second-order valence-corrected chi connectivity index (χ2v) is 7.61. The van der Waals surface area contributed by atoms with E-state index in [-0.39, 0.29) is 5.91 Å². The predicted octanol–water partition coefficient (Wildman–Crippen LogP) is 3.53. The van der Waals surface area contributed by atoms with Gasteiger partial charge in [0.1, 0.15) is 0 Å². The zero-order valence-electron chi connectivity index (χ0n) is 17.6. The minimum atomic E-state index is -0.509. The standard InChI is InChI=1S/C25H29N3O2/c1-19-14-21(16-27-15-19)18-28(2)25(30)23-10-8-20(9-11-23)12-13-26-17-24(29)22-6-4-3-5-7-22/h3-11,14-16,24,26,29H,12-13,17-18H2,1-2H3. The lowest BCUT2D eigenvalue weighted by Gasteiger charge is -2.17. The molecule has 0 aliphatic heterocycles. The fourth-order valence-corrected chi connectivity index (χ4v) is 3.35. The number of hydrogen-bond acceptors (Lipinski definition) is 4. The first-order chi connectivity index (χ1) is 14.5. The van der Waals surface area contributed by atoms with Crippen LogP contribution < -0.4 is 5.32 Å². The van der Waals surface area contributed by atoms with Crippen molar-refractivity contribution in [3.63, 3.8) is 0 Å². The molecule has 0 fully saturated rings. The molecule has 1 atom stereocenters. The number of aromatic nitrogens is 1. The van der Waals surface area contributed by atoms with Gasteiger partial charge in [0.15, 0.2) is 0 Å². The Labute approximate surface area is 178 Å². The summed E-state index contributed by atoms with van der Waals surface area (Å²) in [7, 11) is 1.81. The van der Waals surface area contributed by atoms with Crippen molar-refractivity contribution in [2.75, 3.05) is 20.1 Å². The second kappa shape index (κ2) is 10.7. The SMILES string of the molecule is Cc1cncc(CN(C)C(=O)c2ccc(CCNCC(O)c3ccccc3)cc2)c1. The van der Waals surface area contributed by atoms with Crippen molar-refractivity contribution in [3.05, 3.63) is 101 Å². The molecule has 3 rings (SSSR count). The van der Waals surface area contributed by atoms with Crippen molar-refractivity contribution in [1.29, 1.82) is 0 Å². The molecule has 0 bridgehead atoms. The molecule has 30 heavy (non-hydrogen) atoms. The van der Waals surface area contributed by atoms with Crippen LogP contribution in [0.25, 0.3) is 0 Å². The molecule has 0 radical (unpaired) electrons. The minimum Gasteiger partial charge on any atom is -0.387 e. The van der Waals surface area contributed by atoms with Crippen LogP contribution in [0.5, 0.6) is 0 Å². The molecule has 0 spiro atoms. The van der Waals surface area contributed by atoms with Gasteiger partial charge >= 0.3 is 0 Å². The Kier molecular flexibility index (Phi) is 7.71. The largest absolute Gasteiger partial charge is 0.387 e. The molecule has 5 heteroatoms. The molecule has 5 nitrogen and oxygen atoms in total. The molecule has 1 aromatic heterocycles. The number of rotatable bonds is 9. The van der Waals surface area contributed by atoms with E-state index in [9.17, 15) is 9.90 Å². The molecule has 0 saturated carbocycles. The number of aryl methyl sites for hydroxylation is 1. The number of carbonyl (C=O) groups is 1. The minimum absolute atomic E-state index is 0.00726. The van der Waals surface area contributed by atoms with Crippen LogP contribution in [0.4, 0.5) is 0 Å². The third-order valence-electron chi connectivity index (χ3n) is 5.01. The van der Waals surface area contributed by atoms with Crippen molar-refractivity contribution in [3.8, 4) is 0 Å². The van der Waals surface area contributed by atoms with E-state index >= 15 is 0 Å². The molecule has 0 saturated heterocycles. The van der Waals surface area contributed by atoms with Gasteiger partial charge in [-0.3, -0.25) is 9.78 Å². The number of pyridine rings is 1. The third kappa shape index (κ3) is 6.24. The van der Waals surface area contributed by atoms with Crippen LogP contribution in [0.2, 0.25) is 0 Å². The summed E-state index contributed by atoms with van der Waals surface area (Å²) >= 11 is 0. The van der Waals surface area contributed by atoms with Gasteiger partial charge in [-0.05, 0) is 54.3 Å². The van der Waals surface area contributed by atoms with Crippen molar-refractivity contribution in [2.45, 2.75) is 26.0 Å². The Morgan fingerprint density at radius 2 is 1.80 bits per heavy atom. The molecule has 156 valence electrons. The lowest BCUT2D eigenvalue weighted by Crippen LogP contribution is -2.26. The fourth-order valence-electron chi connectivity index (χ4n) is 3.35. The first-order valence-electron chi connectivity index (χ1n) is 10.2. The van der Waals surface area contributed by atoms with Crippen LogP contribution >= 0.6 is 0 Å². The van der Waals surface area contributed by atoms with Gasteiger partial charge in [-0.25, -0.2) is 0 Å². The summed E-state index contributed by atoms with van der Waals surface area (Å²) in [6.07, 6.45) is 3.93. The maximum Gasteiger partial charge on any atom is 0.253 e. The van der Waals surface area contributed by atoms with E-state index in [1.54, 1.807) is 24.3 Å². The van der Waals surface area contributed by atoms with Crippen molar-refractivity contribution >= 4 is 5.91 Å². The van der Waals surface area contributed by atoms with Crippen LogP contribution in [0.3, 0.4) is 0 Å². The van der Waals surface area contributed by atoms with Crippen LogP contribution in [0.1, 0.15) is 38.7 Å². The lowest BCUT2D eigenvalue weighted by atomic mass is 10.1. The number of aliphatic hydroxyl groups excluding tert-OH is 1. The summed E-state index contributed by atoms with van der Waals surface area (Å²) < 4.78 is 0. The number of benzene rings is 2. The van der Waals surface area contributed by atoms with Crippen molar-refractivity contribution in [2.24, 2.45) is 0 Å². The average Bonchev–Trinajstić information content (AvgIpc) is 2.77. The summed E-state index contributed by atoms with van der Waals surface area (Å²) in [4.78, 5) is 18.6. The molecular formula is C25H29N3O2. The smallest absolute Gasteiger partial charge is 0.253 e. The molecule has 3 aromatic rings. The number of nitrogens with zero attached hydrogens (tertiary/aromatic N) is 2. The summed E-state index contributed by atoms with van der Waals surface area (Å²) in [6, 6.07) is 19.4. The van der Waals surface area contributed by atoms with E-state index in [0.717, 1.165) is 35.2 Å². The second-order valence-electron chi connectivity index (χ2n) is 7.61. The Balaban J connectivity index is 1.45. The first-order valence-corrected chi connectivity index (χ1v) is 10.2. The maximum atomic E-state index is 12.7. The van der Waals surface area contributed by atoms with E-state index in [2.05, 4.69) is 10.3 Å². The highest BCUT2D eigenvalue weighted by Crippen LogP contribution is 2.12. The molecule has 0 aliphatic carbocycles. The number of amides is 1. The van der Waals surface area contributed by atoms with Gasteiger partial charge in [0.05, 0.1) is 6.10 Å². The zero-order chi connectivity index (χ0) is 21.3. The van der Waals surface area contributed by atoms with Gasteiger partial charge in [-0.15, -0.1) is 0 Å². The molecule has 1 amide bonds. The van der Waals surface area contributed by atoms with Gasteiger partial charge in [-0.2, -0.15) is 0 Å². The summed E-state index contributed by atoms with van der Waals surface area (Å²) in [5, 5.41) is 13.5. The average molecular weight is 404 g/mol. The van der Waals surface area contributed by atoms with Gasteiger partial charge in [0.25, 0.3) is 5.91 Å². The van der Waals surface area contributed by atoms with Gasteiger partial charge in [0.2, 0.25) is 0 Å². The van der Waals surface area contributed by atoms with E-state index in [0.29, 0.717) is 18.7 Å². The molecule has 2 N–H and O–H groups in total. The van der Waals surface area contributed by atoms with E-state index in [4.69, 9.17) is 0 Å². The third-order valence-corrected chi connectivity index (χ3v) is 5.01. The van der Waals surface area contributed by atoms with Crippen LogP contribution in [0, 0.1) is 6.92 Å². The maximum absolute atomic E-state index is 12.7. The van der Waals surface area contributed by atoms with Gasteiger partial charge in [-0.1, -0.05) is 48.5 Å². The highest BCUT2D eigenvalue weighted by atomic mass is 16.3. The van der Waals surface area contributed by atoms with E-state index < -0.39 is 6.10 Å². The van der Waals surface area contributed by atoms with Crippen LogP contribution in [-0.2, 0) is 13.0 Å². The number of carbonyl (C=O) groups excluding carboxylic acids is 1. The molecule has 2 aromatic carbocycles. The van der Waals surface area contributed by atoms with Crippen LogP contribution in [0.15, 0.2) is 73.1 Å². The van der Waals surface area contributed by atoms with E-state index in [1.165, 1.54) is 0 Å². The summed E-state index contributed by atoms with van der Waals surface area (Å²) in [5.74, 6) is -0.00726. The lowest BCUT2D eigenvalue weighted by molar-refractivity contribution is 0.0785. The quantitative estimate of drug-likeness (QED) is 0.537. The van der Waals surface area contributed by atoms with E-state index in [1.807, 2.05) is 67.6 Å². The van der Waals surface area contributed by atoms with Gasteiger partial charge < -0.3 is 15.3 Å². The summed E-state index contributed by atoms with van der Waals surface area (Å²) in [5.41, 5.74) is 4.85. The molecule has 1 unspecified atom stereocenters. The Hall–Kier alpha value is -3.02. The number of nitrogens with one attached hydrogen (secondary N) is 1.